The molecule has 110 valence electrons. The summed E-state index contributed by atoms with van der Waals surface area (Å²) in [6.45, 7) is 0.859. The number of aromatic nitrogens is 1. The number of hydrogen-bond acceptors (Lipinski definition) is 5. The van der Waals surface area contributed by atoms with Crippen molar-refractivity contribution >= 4 is 5.84 Å². The molecule has 1 unspecified atom stereocenters. The van der Waals surface area contributed by atoms with Gasteiger partial charge in [-0.2, -0.15) is 0 Å². The summed E-state index contributed by atoms with van der Waals surface area (Å²) in [5.41, 5.74) is 7.66. The van der Waals surface area contributed by atoms with Crippen molar-refractivity contribution in [1.29, 1.82) is 0 Å². The van der Waals surface area contributed by atoms with Gasteiger partial charge in [-0.25, -0.2) is 0 Å². The molecule has 1 aromatic carbocycles. The molecule has 2 aromatic rings. The molecular formula is C15H18N4O2. The van der Waals surface area contributed by atoms with Gasteiger partial charge in [0.1, 0.15) is 5.69 Å². The van der Waals surface area contributed by atoms with E-state index in [1.807, 2.05) is 36.4 Å². The number of rotatable bonds is 6. The molecule has 0 amide bonds. The van der Waals surface area contributed by atoms with Gasteiger partial charge in [-0.15, -0.1) is 0 Å². The van der Waals surface area contributed by atoms with Crippen molar-refractivity contribution < 1.29 is 10.3 Å². The third-order valence-electron chi connectivity index (χ3n) is 3.08. The SMILES string of the molecule is NC(=NO)c1ncccc1CNCC(O)c1ccccc1. The van der Waals surface area contributed by atoms with Crippen LogP contribution in [-0.4, -0.2) is 27.7 Å². The second-order valence-corrected chi connectivity index (χ2v) is 4.55. The molecule has 0 spiro atoms. The Morgan fingerprint density at radius 2 is 2.00 bits per heavy atom. The molecule has 1 aromatic heterocycles. The minimum atomic E-state index is -0.588. The van der Waals surface area contributed by atoms with E-state index >= 15 is 0 Å². The van der Waals surface area contributed by atoms with Gasteiger partial charge >= 0.3 is 0 Å². The van der Waals surface area contributed by atoms with Gasteiger partial charge in [-0.05, 0) is 17.2 Å². The van der Waals surface area contributed by atoms with Crippen molar-refractivity contribution in [2.45, 2.75) is 12.6 Å². The van der Waals surface area contributed by atoms with Crippen LogP contribution in [0.4, 0.5) is 0 Å². The molecule has 6 heteroatoms. The maximum Gasteiger partial charge on any atom is 0.189 e. The maximum atomic E-state index is 10.1. The van der Waals surface area contributed by atoms with E-state index in [1.54, 1.807) is 12.3 Å². The van der Waals surface area contributed by atoms with Crippen LogP contribution in [0, 0.1) is 0 Å². The molecule has 0 aliphatic rings. The zero-order valence-corrected chi connectivity index (χ0v) is 11.5. The Balaban J connectivity index is 1.95. The Hall–Kier alpha value is -2.44. The number of aliphatic hydroxyl groups excluding tert-OH is 1. The molecule has 0 aliphatic carbocycles. The normalized spacial score (nSPS) is 13.1. The highest BCUT2D eigenvalue weighted by atomic mass is 16.4. The van der Waals surface area contributed by atoms with Crippen LogP contribution in [0.15, 0.2) is 53.8 Å². The van der Waals surface area contributed by atoms with Crippen molar-refractivity contribution in [2.75, 3.05) is 6.54 Å². The fourth-order valence-corrected chi connectivity index (χ4v) is 2.00. The Kier molecular flexibility index (Phi) is 5.25. The van der Waals surface area contributed by atoms with Crippen molar-refractivity contribution in [3.8, 4) is 0 Å². The average Bonchev–Trinajstić information content (AvgIpc) is 2.55. The molecule has 21 heavy (non-hydrogen) atoms. The first-order chi connectivity index (χ1) is 10.2. The number of benzene rings is 1. The van der Waals surface area contributed by atoms with Crippen LogP contribution in [0.5, 0.6) is 0 Å². The average molecular weight is 286 g/mol. The van der Waals surface area contributed by atoms with Crippen LogP contribution in [0.1, 0.15) is 22.9 Å². The number of nitrogens with two attached hydrogens (primary N) is 1. The molecule has 0 aliphatic heterocycles. The van der Waals surface area contributed by atoms with E-state index in [0.29, 0.717) is 18.8 Å². The third kappa shape index (κ3) is 4.01. The molecule has 0 fully saturated rings. The van der Waals surface area contributed by atoms with E-state index in [-0.39, 0.29) is 5.84 Å². The number of aliphatic hydroxyl groups is 1. The first-order valence-electron chi connectivity index (χ1n) is 6.58. The Morgan fingerprint density at radius 1 is 1.24 bits per heavy atom. The Bertz CT molecular complexity index is 602. The number of hydrogen-bond donors (Lipinski definition) is 4. The second-order valence-electron chi connectivity index (χ2n) is 4.55. The summed E-state index contributed by atoms with van der Waals surface area (Å²) in [5.74, 6) is -0.0315. The van der Waals surface area contributed by atoms with Gasteiger partial charge in [0.05, 0.1) is 6.10 Å². The summed E-state index contributed by atoms with van der Waals surface area (Å²) in [4.78, 5) is 4.09. The zero-order valence-electron chi connectivity index (χ0n) is 11.5. The molecular weight excluding hydrogens is 268 g/mol. The molecule has 0 radical (unpaired) electrons. The van der Waals surface area contributed by atoms with Gasteiger partial charge in [0.25, 0.3) is 0 Å². The number of oxime groups is 1. The summed E-state index contributed by atoms with van der Waals surface area (Å²) >= 11 is 0. The van der Waals surface area contributed by atoms with Crippen LogP contribution >= 0.6 is 0 Å². The van der Waals surface area contributed by atoms with Gasteiger partial charge in [-0.3, -0.25) is 4.98 Å². The predicted molar refractivity (Wildman–Crippen MR) is 79.9 cm³/mol. The van der Waals surface area contributed by atoms with E-state index in [9.17, 15) is 5.11 Å². The first-order valence-corrected chi connectivity index (χ1v) is 6.58. The smallest absolute Gasteiger partial charge is 0.189 e. The zero-order chi connectivity index (χ0) is 15.1. The quantitative estimate of drug-likeness (QED) is 0.274. The van der Waals surface area contributed by atoms with Crippen LogP contribution in [0.25, 0.3) is 0 Å². The van der Waals surface area contributed by atoms with Crippen molar-refractivity contribution in [3.05, 3.63) is 65.5 Å². The molecule has 0 saturated heterocycles. The van der Waals surface area contributed by atoms with Gasteiger partial charge in [-0.1, -0.05) is 41.6 Å². The highest BCUT2D eigenvalue weighted by molar-refractivity contribution is 5.96. The van der Waals surface area contributed by atoms with Gasteiger partial charge in [0.2, 0.25) is 0 Å². The van der Waals surface area contributed by atoms with E-state index in [2.05, 4.69) is 15.5 Å². The lowest BCUT2D eigenvalue weighted by Gasteiger charge is -2.13. The number of nitrogens with zero attached hydrogens (tertiary/aromatic N) is 2. The first kappa shape index (κ1) is 15.0. The molecule has 2 rings (SSSR count). The highest BCUT2D eigenvalue weighted by Crippen LogP contribution is 2.11. The fraction of sp³-hybridized carbons (Fsp3) is 0.200. The van der Waals surface area contributed by atoms with E-state index in [1.165, 1.54) is 0 Å². The summed E-state index contributed by atoms with van der Waals surface area (Å²) < 4.78 is 0. The van der Waals surface area contributed by atoms with Crippen molar-refractivity contribution in [3.63, 3.8) is 0 Å². The Morgan fingerprint density at radius 3 is 2.71 bits per heavy atom. The van der Waals surface area contributed by atoms with Gasteiger partial charge in [0.15, 0.2) is 5.84 Å². The molecule has 6 nitrogen and oxygen atoms in total. The van der Waals surface area contributed by atoms with Gasteiger partial charge < -0.3 is 21.4 Å². The number of nitrogens with one attached hydrogen (secondary N) is 1. The van der Waals surface area contributed by atoms with Crippen LogP contribution < -0.4 is 11.1 Å². The Labute approximate surface area is 122 Å². The van der Waals surface area contributed by atoms with Crippen LogP contribution in [0.2, 0.25) is 0 Å². The van der Waals surface area contributed by atoms with Crippen molar-refractivity contribution in [1.82, 2.24) is 10.3 Å². The fourth-order valence-electron chi connectivity index (χ4n) is 2.00. The largest absolute Gasteiger partial charge is 0.409 e. The van der Waals surface area contributed by atoms with E-state index in [0.717, 1.165) is 11.1 Å². The maximum absolute atomic E-state index is 10.1. The molecule has 1 heterocycles. The molecule has 1 atom stereocenters. The van der Waals surface area contributed by atoms with Crippen molar-refractivity contribution in [2.24, 2.45) is 10.9 Å². The summed E-state index contributed by atoms with van der Waals surface area (Å²) in [5, 5.41) is 24.9. The topological polar surface area (TPSA) is 104 Å². The van der Waals surface area contributed by atoms with Gasteiger partial charge in [0, 0.05) is 19.3 Å². The van der Waals surface area contributed by atoms with E-state index in [4.69, 9.17) is 10.9 Å². The number of pyridine rings is 1. The highest BCUT2D eigenvalue weighted by Gasteiger charge is 2.10. The monoisotopic (exact) mass is 286 g/mol. The van der Waals surface area contributed by atoms with Crippen LogP contribution in [-0.2, 0) is 6.54 Å². The minimum absolute atomic E-state index is 0.0315. The minimum Gasteiger partial charge on any atom is -0.409 e. The predicted octanol–water partition coefficient (Wildman–Crippen LogP) is 0.999. The second kappa shape index (κ2) is 7.37. The lowest BCUT2D eigenvalue weighted by Crippen LogP contribution is -2.24. The third-order valence-corrected chi connectivity index (χ3v) is 3.08. The van der Waals surface area contributed by atoms with E-state index < -0.39 is 6.10 Å². The lowest BCUT2D eigenvalue weighted by molar-refractivity contribution is 0.174. The lowest BCUT2D eigenvalue weighted by atomic mass is 10.1. The molecule has 5 N–H and O–H groups in total. The number of amidine groups is 1. The molecule has 0 saturated carbocycles. The standard InChI is InChI=1S/C15H18N4O2/c16-15(19-21)14-12(7-4-8-18-14)9-17-10-13(20)11-5-2-1-3-6-11/h1-8,13,17,20-21H,9-10H2,(H2,16,19). The summed E-state index contributed by atoms with van der Waals surface area (Å²) in [6.07, 6.45) is 0.991. The van der Waals surface area contributed by atoms with Crippen LogP contribution in [0.3, 0.4) is 0 Å². The molecule has 0 bridgehead atoms. The summed E-state index contributed by atoms with van der Waals surface area (Å²) in [7, 11) is 0. The summed E-state index contributed by atoms with van der Waals surface area (Å²) in [6, 6.07) is 13.0.